The van der Waals surface area contributed by atoms with Gasteiger partial charge in [-0.25, -0.2) is 9.97 Å². The Morgan fingerprint density at radius 2 is 1.90 bits per heavy atom. The Balaban J connectivity index is 3.19. The van der Waals surface area contributed by atoms with Gasteiger partial charge in [0.25, 0.3) is 0 Å². The summed E-state index contributed by atoms with van der Waals surface area (Å²) in [5, 5.41) is 13.4. The molecule has 1 heterocycles. The molecule has 0 aromatic carbocycles. The fourth-order valence-corrected chi connectivity index (χ4v) is 2.22. The van der Waals surface area contributed by atoms with E-state index in [2.05, 4.69) is 36.1 Å². The third-order valence-corrected chi connectivity index (χ3v) is 3.18. The third kappa shape index (κ3) is 5.16. The van der Waals surface area contributed by atoms with Gasteiger partial charge in [0.05, 0.1) is 5.60 Å². The molecule has 0 amide bonds. The summed E-state index contributed by atoms with van der Waals surface area (Å²) in [6.45, 7) is 13.4. The third-order valence-electron chi connectivity index (χ3n) is 3.18. The Morgan fingerprint density at radius 3 is 2.38 bits per heavy atom. The summed E-state index contributed by atoms with van der Waals surface area (Å²) in [6, 6.07) is 0. The standard InChI is InChI=1S/C16H30N4O/c1-8-9-17-14-12(4)15(19-13(18-14)11(2)3)20(7)10-16(5,6)21/h11,21H,8-10H2,1-7H3,(H,17,18,19). The second-order valence-corrected chi connectivity index (χ2v) is 6.63. The van der Waals surface area contributed by atoms with Crippen LogP contribution in [0, 0.1) is 6.92 Å². The van der Waals surface area contributed by atoms with Crippen molar-refractivity contribution in [2.75, 3.05) is 30.4 Å². The van der Waals surface area contributed by atoms with Crippen molar-refractivity contribution in [3.8, 4) is 0 Å². The molecule has 1 rings (SSSR count). The zero-order chi connectivity index (χ0) is 16.2. The first-order chi connectivity index (χ1) is 9.65. The zero-order valence-electron chi connectivity index (χ0n) is 14.5. The molecule has 0 saturated heterocycles. The van der Waals surface area contributed by atoms with Crippen molar-refractivity contribution in [1.82, 2.24) is 9.97 Å². The Kier molecular flexibility index (Phi) is 5.96. The molecule has 5 nitrogen and oxygen atoms in total. The van der Waals surface area contributed by atoms with Crippen molar-refractivity contribution < 1.29 is 5.11 Å². The number of hydrogen-bond donors (Lipinski definition) is 2. The van der Waals surface area contributed by atoms with E-state index in [1.54, 1.807) is 13.8 Å². The summed E-state index contributed by atoms with van der Waals surface area (Å²) < 4.78 is 0. The molecule has 5 heteroatoms. The van der Waals surface area contributed by atoms with Crippen LogP contribution in [0.2, 0.25) is 0 Å². The number of rotatable bonds is 7. The van der Waals surface area contributed by atoms with E-state index in [0.717, 1.165) is 36.0 Å². The molecule has 1 aromatic heterocycles. The lowest BCUT2D eigenvalue weighted by Crippen LogP contribution is -2.37. The molecular formula is C16H30N4O. The van der Waals surface area contributed by atoms with E-state index in [4.69, 9.17) is 0 Å². The molecule has 120 valence electrons. The molecule has 21 heavy (non-hydrogen) atoms. The molecule has 0 spiro atoms. The SMILES string of the molecule is CCCNc1nc(C(C)C)nc(N(C)CC(C)(C)O)c1C. The molecule has 0 aliphatic heterocycles. The van der Waals surface area contributed by atoms with Crippen molar-refractivity contribution >= 4 is 11.6 Å². The number of hydrogen-bond acceptors (Lipinski definition) is 5. The molecule has 1 aromatic rings. The van der Waals surface area contributed by atoms with E-state index in [1.807, 2.05) is 18.9 Å². The quantitative estimate of drug-likeness (QED) is 0.809. The second kappa shape index (κ2) is 7.07. The lowest BCUT2D eigenvalue weighted by atomic mass is 10.1. The predicted octanol–water partition coefficient (Wildman–Crippen LogP) is 2.94. The first-order valence-electron chi connectivity index (χ1n) is 7.71. The molecule has 0 saturated carbocycles. The summed E-state index contributed by atoms with van der Waals surface area (Å²) in [5.74, 6) is 2.88. The van der Waals surface area contributed by atoms with Crippen molar-refractivity contribution in [2.24, 2.45) is 0 Å². The number of nitrogens with one attached hydrogen (secondary N) is 1. The first kappa shape index (κ1) is 17.7. The molecule has 0 bridgehead atoms. The molecule has 0 aliphatic rings. The maximum atomic E-state index is 10.0. The minimum absolute atomic E-state index is 0.266. The smallest absolute Gasteiger partial charge is 0.137 e. The summed E-state index contributed by atoms with van der Waals surface area (Å²) >= 11 is 0. The minimum Gasteiger partial charge on any atom is -0.389 e. The van der Waals surface area contributed by atoms with Gasteiger partial charge in [-0.3, -0.25) is 0 Å². The largest absolute Gasteiger partial charge is 0.389 e. The number of aliphatic hydroxyl groups is 1. The summed E-state index contributed by atoms with van der Waals surface area (Å²) in [5.41, 5.74) is 0.265. The van der Waals surface area contributed by atoms with Gasteiger partial charge in [-0.1, -0.05) is 20.8 Å². The Hall–Kier alpha value is -1.36. The van der Waals surface area contributed by atoms with E-state index in [9.17, 15) is 5.11 Å². The number of likely N-dealkylation sites (N-methyl/N-ethyl adjacent to an activating group) is 1. The van der Waals surface area contributed by atoms with Crippen molar-refractivity contribution in [1.29, 1.82) is 0 Å². The van der Waals surface area contributed by atoms with Crippen LogP contribution >= 0.6 is 0 Å². The van der Waals surface area contributed by atoms with Crippen LogP contribution in [0.1, 0.15) is 58.3 Å². The van der Waals surface area contributed by atoms with Gasteiger partial charge in [0, 0.05) is 31.6 Å². The highest BCUT2D eigenvalue weighted by Crippen LogP contribution is 2.26. The van der Waals surface area contributed by atoms with Crippen LogP contribution < -0.4 is 10.2 Å². The zero-order valence-corrected chi connectivity index (χ0v) is 14.5. The first-order valence-corrected chi connectivity index (χ1v) is 7.71. The van der Waals surface area contributed by atoms with Gasteiger partial charge in [-0.05, 0) is 27.2 Å². The normalized spacial score (nSPS) is 11.9. The van der Waals surface area contributed by atoms with Crippen LogP contribution in [0.25, 0.3) is 0 Å². The average molecular weight is 294 g/mol. The van der Waals surface area contributed by atoms with E-state index < -0.39 is 5.60 Å². The van der Waals surface area contributed by atoms with Crippen LogP contribution in [0.5, 0.6) is 0 Å². The maximum absolute atomic E-state index is 10.0. The van der Waals surface area contributed by atoms with E-state index in [0.29, 0.717) is 6.54 Å². The molecule has 0 aliphatic carbocycles. The van der Waals surface area contributed by atoms with Crippen molar-refractivity contribution in [3.63, 3.8) is 0 Å². The number of aromatic nitrogens is 2. The average Bonchev–Trinajstić information content (AvgIpc) is 2.35. The maximum Gasteiger partial charge on any atom is 0.137 e. The Labute approximate surface area is 128 Å². The van der Waals surface area contributed by atoms with Crippen LogP contribution in [0.4, 0.5) is 11.6 Å². The van der Waals surface area contributed by atoms with Gasteiger partial charge >= 0.3 is 0 Å². The molecule has 0 fully saturated rings. The van der Waals surface area contributed by atoms with E-state index >= 15 is 0 Å². The molecule has 0 radical (unpaired) electrons. The highest BCUT2D eigenvalue weighted by atomic mass is 16.3. The van der Waals surface area contributed by atoms with Gasteiger partial charge in [-0.2, -0.15) is 0 Å². The lowest BCUT2D eigenvalue weighted by Gasteiger charge is -2.28. The lowest BCUT2D eigenvalue weighted by molar-refractivity contribution is 0.0884. The molecule has 0 unspecified atom stereocenters. The van der Waals surface area contributed by atoms with Gasteiger partial charge in [0.1, 0.15) is 17.5 Å². The summed E-state index contributed by atoms with van der Waals surface area (Å²) in [7, 11) is 1.96. The highest BCUT2D eigenvalue weighted by molar-refractivity contribution is 5.58. The predicted molar refractivity (Wildman–Crippen MR) is 89.2 cm³/mol. The van der Waals surface area contributed by atoms with Crippen molar-refractivity contribution in [2.45, 2.75) is 59.5 Å². The van der Waals surface area contributed by atoms with Gasteiger partial charge < -0.3 is 15.3 Å². The molecular weight excluding hydrogens is 264 g/mol. The van der Waals surface area contributed by atoms with Crippen LogP contribution in [0.15, 0.2) is 0 Å². The van der Waals surface area contributed by atoms with Crippen molar-refractivity contribution in [3.05, 3.63) is 11.4 Å². The van der Waals surface area contributed by atoms with E-state index in [1.165, 1.54) is 0 Å². The monoisotopic (exact) mass is 294 g/mol. The number of nitrogens with zero attached hydrogens (tertiary/aromatic N) is 3. The van der Waals surface area contributed by atoms with Gasteiger partial charge in [-0.15, -0.1) is 0 Å². The van der Waals surface area contributed by atoms with Crippen LogP contribution in [-0.2, 0) is 0 Å². The van der Waals surface area contributed by atoms with Gasteiger partial charge in [0.15, 0.2) is 0 Å². The highest BCUT2D eigenvalue weighted by Gasteiger charge is 2.21. The van der Waals surface area contributed by atoms with Crippen LogP contribution in [-0.4, -0.2) is 40.8 Å². The fourth-order valence-electron chi connectivity index (χ4n) is 2.22. The Bertz CT molecular complexity index is 466. The molecule has 0 atom stereocenters. The summed E-state index contributed by atoms with van der Waals surface area (Å²) in [6.07, 6.45) is 1.05. The minimum atomic E-state index is -0.763. The fraction of sp³-hybridized carbons (Fsp3) is 0.750. The topological polar surface area (TPSA) is 61.3 Å². The van der Waals surface area contributed by atoms with Gasteiger partial charge in [0.2, 0.25) is 0 Å². The second-order valence-electron chi connectivity index (χ2n) is 6.63. The number of anilines is 2. The Morgan fingerprint density at radius 1 is 1.29 bits per heavy atom. The van der Waals surface area contributed by atoms with Crippen LogP contribution in [0.3, 0.4) is 0 Å². The summed E-state index contributed by atoms with van der Waals surface area (Å²) in [4.78, 5) is 11.3. The van der Waals surface area contributed by atoms with E-state index in [-0.39, 0.29) is 5.92 Å². The molecule has 2 N–H and O–H groups in total.